The van der Waals surface area contributed by atoms with Crippen molar-refractivity contribution in [3.63, 3.8) is 0 Å². The van der Waals surface area contributed by atoms with Gasteiger partial charge in [0.05, 0.1) is 21.4 Å². The number of nitrogens with one attached hydrogen (secondary N) is 2. The summed E-state index contributed by atoms with van der Waals surface area (Å²) in [6, 6.07) is 16.5. The summed E-state index contributed by atoms with van der Waals surface area (Å²) in [5, 5.41) is 15.1. The Hall–Kier alpha value is -3.86. The number of amides is 2. The van der Waals surface area contributed by atoms with Crippen molar-refractivity contribution in [1.82, 2.24) is 0 Å². The lowest BCUT2D eigenvalue weighted by atomic mass is 10.1. The number of para-hydroxylation sites is 1. The first-order chi connectivity index (χ1) is 16.0. The monoisotopic (exact) mass is 489 g/mol. The summed E-state index contributed by atoms with van der Waals surface area (Å²) in [7, 11) is 0. The number of nitro groups is 1. The first kappa shape index (κ1) is 24.8. The van der Waals surface area contributed by atoms with Crippen molar-refractivity contribution in [2.45, 2.75) is 23.2 Å². The average molecular weight is 489 g/mol. The van der Waals surface area contributed by atoms with Gasteiger partial charge in [0.25, 0.3) is 11.6 Å². The lowest BCUT2D eigenvalue weighted by Crippen LogP contribution is -2.24. The van der Waals surface area contributed by atoms with E-state index in [0.717, 1.165) is 23.9 Å². The maximum absolute atomic E-state index is 13.1. The van der Waals surface area contributed by atoms with E-state index < -0.39 is 33.7 Å². The minimum Gasteiger partial charge on any atom is -0.325 e. The Bertz CT molecular complexity index is 1220. The van der Waals surface area contributed by atoms with E-state index in [1.807, 2.05) is 0 Å². The van der Waals surface area contributed by atoms with Crippen molar-refractivity contribution in [2.75, 3.05) is 10.6 Å². The van der Waals surface area contributed by atoms with Crippen LogP contribution < -0.4 is 10.6 Å². The quantitative estimate of drug-likeness (QED) is 0.241. The second-order valence-electron chi connectivity index (χ2n) is 7.08. The third-order valence-corrected chi connectivity index (χ3v) is 5.72. The minimum atomic E-state index is -4.59. The lowest BCUT2D eigenvalue weighted by molar-refractivity contribution is -0.384. The maximum atomic E-state index is 13.1. The van der Waals surface area contributed by atoms with Gasteiger partial charge in [-0.2, -0.15) is 13.2 Å². The van der Waals surface area contributed by atoms with E-state index in [2.05, 4.69) is 10.6 Å². The molecule has 3 aromatic rings. The molecule has 0 aliphatic carbocycles. The molecule has 11 heteroatoms. The number of halogens is 3. The number of carbonyl (C=O) groups is 2. The summed E-state index contributed by atoms with van der Waals surface area (Å²) in [5.74, 6) is -1.12. The molecule has 0 fully saturated rings. The molecular weight excluding hydrogens is 471 g/mol. The number of rotatable bonds is 7. The van der Waals surface area contributed by atoms with E-state index in [9.17, 15) is 32.9 Å². The van der Waals surface area contributed by atoms with Crippen molar-refractivity contribution in [3.8, 4) is 0 Å². The van der Waals surface area contributed by atoms with Crippen molar-refractivity contribution < 1.29 is 27.7 Å². The van der Waals surface area contributed by atoms with Crippen LogP contribution in [-0.4, -0.2) is 22.0 Å². The fourth-order valence-electron chi connectivity index (χ4n) is 2.91. The number of anilines is 2. The maximum Gasteiger partial charge on any atom is 0.418 e. The molecule has 0 heterocycles. The van der Waals surface area contributed by atoms with Gasteiger partial charge in [0.1, 0.15) is 0 Å². The molecular formula is C23H18F3N3O4S. The van der Waals surface area contributed by atoms with E-state index in [-0.39, 0.29) is 16.9 Å². The third-order valence-electron chi connectivity index (χ3n) is 4.60. The summed E-state index contributed by atoms with van der Waals surface area (Å²) in [6.45, 7) is 1.56. The van der Waals surface area contributed by atoms with E-state index >= 15 is 0 Å². The molecule has 0 aromatic heterocycles. The highest BCUT2D eigenvalue weighted by Gasteiger charge is 2.33. The second kappa shape index (κ2) is 10.4. The van der Waals surface area contributed by atoms with E-state index in [1.165, 1.54) is 36.4 Å². The Balaban J connectivity index is 1.61. The van der Waals surface area contributed by atoms with Crippen molar-refractivity contribution in [3.05, 3.63) is 94.0 Å². The molecule has 2 N–H and O–H groups in total. The summed E-state index contributed by atoms with van der Waals surface area (Å²) < 4.78 is 39.4. The second-order valence-corrected chi connectivity index (χ2v) is 8.49. The SMILES string of the molecule is CC(Sc1ccc(NC(=O)c2cccc([N+](=O)[O-])c2)cc1)C(=O)Nc1ccccc1C(F)(F)F. The predicted octanol–water partition coefficient (Wildman–Crippen LogP) is 5.99. The first-order valence-corrected chi connectivity index (χ1v) is 10.7. The summed E-state index contributed by atoms with van der Waals surface area (Å²) in [4.78, 5) is 35.7. The van der Waals surface area contributed by atoms with E-state index in [4.69, 9.17) is 0 Å². The van der Waals surface area contributed by atoms with Gasteiger partial charge in [-0.1, -0.05) is 18.2 Å². The molecule has 1 atom stereocenters. The van der Waals surface area contributed by atoms with E-state index in [0.29, 0.717) is 10.6 Å². The Labute approximate surface area is 196 Å². The highest BCUT2D eigenvalue weighted by molar-refractivity contribution is 8.00. The predicted molar refractivity (Wildman–Crippen MR) is 123 cm³/mol. The molecule has 0 bridgehead atoms. The van der Waals surface area contributed by atoms with Crippen LogP contribution in [-0.2, 0) is 11.0 Å². The highest BCUT2D eigenvalue weighted by atomic mass is 32.2. The van der Waals surface area contributed by atoms with Crippen LogP contribution in [0.2, 0.25) is 0 Å². The summed E-state index contributed by atoms with van der Waals surface area (Å²) in [5.41, 5.74) is -0.894. The number of benzene rings is 3. The van der Waals surface area contributed by atoms with E-state index in [1.54, 1.807) is 31.2 Å². The van der Waals surface area contributed by atoms with Gasteiger partial charge < -0.3 is 10.6 Å². The number of carbonyl (C=O) groups excluding carboxylic acids is 2. The molecule has 3 rings (SSSR count). The smallest absolute Gasteiger partial charge is 0.325 e. The van der Waals surface area contributed by atoms with Crippen LogP contribution in [0.3, 0.4) is 0 Å². The number of nitro benzene ring substituents is 1. The Morgan fingerprint density at radius 1 is 0.971 bits per heavy atom. The largest absolute Gasteiger partial charge is 0.418 e. The zero-order chi connectivity index (χ0) is 24.9. The van der Waals surface area contributed by atoms with Crippen LogP contribution >= 0.6 is 11.8 Å². The number of hydrogen-bond acceptors (Lipinski definition) is 5. The number of non-ortho nitro benzene ring substituents is 1. The van der Waals surface area contributed by atoms with Gasteiger partial charge in [0, 0.05) is 28.3 Å². The molecule has 0 saturated carbocycles. The van der Waals surface area contributed by atoms with Gasteiger partial charge in [0.2, 0.25) is 5.91 Å². The zero-order valence-electron chi connectivity index (χ0n) is 17.6. The molecule has 176 valence electrons. The first-order valence-electron chi connectivity index (χ1n) is 9.84. The topological polar surface area (TPSA) is 101 Å². The summed E-state index contributed by atoms with van der Waals surface area (Å²) >= 11 is 1.13. The molecule has 2 amide bonds. The molecule has 0 saturated heterocycles. The molecule has 34 heavy (non-hydrogen) atoms. The molecule has 0 aliphatic rings. The summed E-state index contributed by atoms with van der Waals surface area (Å²) in [6.07, 6.45) is -4.59. The lowest BCUT2D eigenvalue weighted by Gasteiger charge is -2.16. The van der Waals surface area contributed by atoms with Gasteiger partial charge in [-0.3, -0.25) is 19.7 Å². The zero-order valence-corrected chi connectivity index (χ0v) is 18.4. The Kier molecular flexibility index (Phi) is 7.57. The van der Waals surface area contributed by atoms with Crippen LogP contribution in [0, 0.1) is 10.1 Å². The Morgan fingerprint density at radius 3 is 2.29 bits per heavy atom. The van der Waals surface area contributed by atoms with Gasteiger partial charge in [-0.25, -0.2) is 0 Å². The van der Waals surface area contributed by atoms with Crippen LogP contribution in [0.25, 0.3) is 0 Å². The standard InChI is InChI=1S/C23H18F3N3O4S/c1-14(21(30)28-20-8-3-2-7-19(20)23(24,25)26)34-18-11-9-16(10-12-18)27-22(31)15-5-4-6-17(13-15)29(32)33/h2-14H,1H3,(H,27,31)(H,28,30). The van der Waals surface area contributed by atoms with Gasteiger partial charge >= 0.3 is 6.18 Å². The van der Waals surface area contributed by atoms with Crippen LogP contribution in [0.1, 0.15) is 22.8 Å². The molecule has 0 spiro atoms. The highest BCUT2D eigenvalue weighted by Crippen LogP contribution is 2.35. The Morgan fingerprint density at radius 2 is 1.65 bits per heavy atom. The molecule has 7 nitrogen and oxygen atoms in total. The number of thioether (sulfide) groups is 1. The molecule has 0 aliphatic heterocycles. The average Bonchev–Trinajstić information content (AvgIpc) is 2.80. The van der Waals surface area contributed by atoms with Crippen molar-refractivity contribution >= 4 is 40.6 Å². The molecule has 0 radical (unpaired) electrons. The van der Waals surface area contributed by atoms with Crippen LogP contribution in [0.15, 0.2) is 77.7 Å². The van der Waals surface area contributed by atoms with Crippen molar-refractivity contribution in [1.29, 1.82) is 0 Å². The third kappa shape index (κ3) is 6.35. The van der Waals surface area contributed by atoms with Gasteiger partial charge in [-0.05, 0) is 49.4 Å². The van der Waals surface area contributed by atoms with Crippen molar-refractivity contribution in [2.24, 2.45) is 0 Å². The molecule has 1 unspecified atom stereocenters. The molecule has 3 aromatic carbocycles. The fourth-order valence-corrected chi connectivity index (χ4v) is 3.78. The number of nitrogens with zero attached hydrogens (tertiary/aromatic N) is 1. The minimum absolute atomic E-state index is 0.122. The van der Waals surface area contributed by atoms with Crippen LogP contribution in [0.5, 0.6) is 0 Å². The van der Waals surface area contributed by atoms with Gasteiger partial charge in [0.15, 0.2) is 0 Å². The van der Waals surface area contributed by atoms with Gasteiger partial charge in [-0.15, -0.1) is 11.8 Å². The van der Waals surface area contributed by atoms with Crippen LogP contribution in [0.4, 0.5) is 30.2 Å². The number of alkyl halides is 3. The normalized spacial score (nSPS) is 12.0. The fraction of sp³-hybridized carbons (Fsp3) is 0.130. The number of hydrogen-bond donors (Lipinski definition) is 2.